The van der Waals surface area contributed by atoms with Gasteiger partial charge in [-0.1, -0.05) is 0 Å². The Morgan fingerprint density at radius 3 is 1.26 bits per heavy atom. The van der Waals surface area contributed by atoms with Gasteiger partial charge in [0.2, 0.25) is 0 Å². The Labute approximate surface area is 258 Å². The fourth-order valence-electron chi connectivity index (χ4n) is 3.97. The third kappa shape index (κ3) is 6.87. The Kier molecular flexibility index (Phi) is 8.53. The second-order valence-electron chi connectivity index (χ2n) is 9.06. The van der Waals surface area contributed by atoms with Crippen LogP contribution in [0.5, 0.6) is 5.75 Å². The van der Waals surface area contributed by atoms with Crippen LogP contribution >= 0.6 is 0 Å². The van der Waals surface area contributed by atoms with Gasteiger partial charge in [-0.15, -0.1) is 20.5 Å². The molecule has 46 heavy (non-hydrogen) atoms. The van der Waals surface area contributed by atoms with E-state index >= 15 is 0 Å². The molecule has 0 saturated heterocycles. The standard InChI is InChI=1S/C22H19N7O13S4/c23-10-1-3-14(43(31,32)33)12(7-10)26-28-20-16(45(37,38)39)5-9-6-17(46(40,41)42)21(22(30)18(9)19(20)25)29-27-13-8-11(24)2-4-15(13)44(34,35)36/h1-8,30H,23-25H2,(H,31,32,33)(H,34,35,36)(H,37,38,39)(H,40,41,42). The fraction of sp³-hybridized carbons (Fsp3) is 0. The van der Waals surface area contributed by atoms with Crippen LogP contribution < -0.4 is 17.2 Å². The van der Waals surface area contributed by atoms with Gasteiger partial charge < -0.3 is 22.3 Å². The molecule has 0 heterocycles. The van der Waals surface area contributed by atoms with E-state index in [9.17, 15) is 57.0 Å². The van der Waals surface area contributed by atoms with Crippen molar-refractivity contribution in [2.24, 2.45) is 20.5 Å². The summed E-state index contributed by atoms with van der Waals surface area (Å²) in [5.41, 5.74) is 13.0. The van der Waals surface area contributed by atoms with Crippen LogP contribution in [0, 0.1) is 0 Å². The maximum atomic E-state index is 12.3. The molecule has 0 fully saturated rings. The van der Waals surface area contributed by atoms with E-state index in [1.807, 2.05) is 0 Å². The number of hydrogen-bond donors (Lipinski definition) is 8. The SMILES string of the molecule is Nc1ccc(S(=O)(=O)O)c(N=Nc2c(S(=O)(=O)O)cc3cc(S(=O)(=O)O)c(N=Nc4cc(N)ccc4S(=O)(=O)O)c(O)c3c2N)c1. The molecule has 4 rings (SSSR count). The fourth-order valence-corrected chi connectivity index (χ4v) is 6.51. The Bertz CT molecular complexity index is 2300. The number of phenolic OH excluding ortho intramolecular Hbond substituents is 1. The van der Waals surface area contributed by atoms with Crippen molar-refractivity contribution < 1.29 is 57.0 Å². The topological polar surface area (TPSA) is 365 Å². The summed E-state index contributed by atoms with van der Waals surface area (Å²) >= 11 is 0. The Hall–Kier alpha value is -4.82. The minimum Gasteiger partial charge on any atom is -0.505 e. The van der Waals surface area contributed by atoms with E-state index in [0.717, 1.165) is 36.4 Å². The van der Waals surface area contributed by atoms with Crippen LogP contribution in [0.3, 0.4) is 0 Å². The lowest BCUT2D eigenvalue weighted by Crippen LogP contribution is -2.04. The van der Waals surface area contributed by atoms with Crippen molar-refractivity contribution in [2.45, 2.75) is 19.6 Å². The highest BCUT2D eigenvalue weighted by atomic mass is 32.2. The molecule has 0 aliphatic carbocycles. The van der Waals surface area contributed by atoms with Crippen LogP contribution in [0.2, 0.25) is 0 Å². The highest BCUT2D eigenvalue weighted by Crippen LogP contribution is 2.48. The van der Waals surface area contributed by atoms with Gasteiger partial charge in [0, 0.05) is 11.4 Å². The molecule has 0 saturated carbocycles. The number of rotatable bonds is 8. The summed E-state index contributed by atoms with van der Waals surface area (Å²) in [6.07, 6.45) is 0. The van der Waals surface area contributed by atoms with E-state index in [2.05, 4.69) is 20.5 Å². The number of benzene rings is 4. The van der Waals surface area contributed by atoms with Crippen molar-refractivity contribution in [1.29, 1.82) is 0 Å². The van der Waals surface area contributed by atoms with Crippen LogP contribution in [0.1, 0.15) is 0 Å². The number of nitrogen functional groups attached to an aromatic ring is 3. The van der Waals surface area contributed by atoms with Crippen LogP contribution in [0.4, 0.5) is 39.8 Å². The minimum absolute atomic E-state index is 0.0782. The molecule has 0 bridgehead atoms. The number of nitrogens with zero attached hydrogens (tertiary/aromatic N) is 4. The molecule has 4 aromatic rings. The van der Waals surface area contributed by atoms with E-state index in [1.54, 1.807) is 0 Å². The van der Waals surface area contributed by atoms with Crippen LogP contribution in [0.15, 0.2) is 88.6 Å². The molecular formula is C22H19N7O13S4. The molecule has 24 heteroatoms. The lowest BCUT2D eigenvalue weighted by molar-refractivity contribution is 0.472. The van der Waals surface area contributed by atoms with Crippen LogP contribution in [-0.2, 0) is 40.5 Å². The quantitative estimate of drug-likeness (QED) is 0.0737. The zero-order valence-electron chi connectivity index (χ0n) is 22.3. The second-order valence-corrected chi connectivity index (χ2v) is 14.6. The summed E-state index contributed by atoms with van der Waals surface area (Å²) < 4.78 is 135. The summed E-state index contributed by atoms with van der Waals surface area (Å²) in [4.78, 5) is -4.03. The normalized spacial score (nSPS) is 13.2. The average Bonchev–Trinajstić information content (AvgIpc) is 2.89. The molecule has 0 unspecified atom stereocenters. The number of hydrogen-bond acceptors (Lipinski definition) is 16. The van der Waals surface area contributed by atoms with Gasteiger partial charge in [-0.3, -0.25) is 18.2 Å². The first-order chi connectivity index (χ1) is 21.0. The Balaban J connectivity index is 2.09. The number of fused-ring (bicyclic) bond motifs is 1. The first-order valence-corrected chi connectivity index (χ1v) is 17.4. The predicted molar refractivity (Wildman–Crippen MR) is 159 cm³/mol. The maximum Gasteiger partial charge on any atom is 0.296 e. The van der Waals surface area contributed by atoms with E-state index in [4.69, 9.17) is 17.2 Å². The van der Waals surface area contributed by atoms with Gasteiger partial charge >= 0.3 is 0 Å². The van der Waals surface area contributed by atoms with E-state index < -0.39 is 105 Å². The highest BCUT2D eigenvalue weighted by molar-refractivity contribution is 7.86. The second kappa shape index (κ2) is 11.5. The van der Waals surface area contributed by atoms with Gasteiger partial charge in [-0.05, 0) is 53.9 Å². The van der Waals surface area contributed by atoms with Crippen LogP contribution in [-0.4, -0.2) is 57.0 Å². The van der Waals surface area contributed by atoms with Crippen molar-refractivity contribution in [2.75, 3.05) is 17.2 Å². The largest absolute Gasteiger partial charge is 0.505 e. The molecule has 244 valence electrons. The van der Waals surface area contributed by atoms with Gasteiger partial charge in [0.15, 0.2) is 5.75 Å². The van der Waals surface area contributed by atoms with E-state index in [0.29, 0.717) is 12.1 Å². The summed E-state index contributed by atoms with van der Waals surface area (Å²) in [7, 11) is -20.5. The first kappa shape index (κ1) is 34.1. The molecular weight excluding hydrogens is 699 g/mol. The van der Waals surface area contributed by atoms with Crippen molar-refractivity contribution in [3.05, 3.63) is 48.5 Å². The molecule has 0 spiro atoms. The molecule has 4 aromatic carbocycles. The summed E-state index contributed by atoms with van der Waals surface area (Å²) in [6, 6.07) is 6.78. The lowest BCUT2D eigenvalue weighted by Gasteiger charge is -2.14. The van der Waals surface area contributed by atoms with Crippen molar-refractivity contribution in [3.8, 4) is 5.75 Å². The van der Waals surface area contributed by atoms with Crippen molar-refractivity contribution in [1.82, 2.24) is 0 Å². The predicted octanol–water partition coefficient (Wildman–Crippen LogP) is 3.11. The van der Waals surface area contributed by atoms with Gasteiger partial charge in [-0.25, -0.2) is 0 Å². The van der Waals surface area contributed by atoms with Gasteiger partial charge in [0.05, 0.1) is 11.1 Å². The summed E-state index contributed by atoms with van der Waals surface area (Å²) in [5, 5.41) is 24.1. The summed E-state index contributed by atoms with van der Waals surface area (Å²) in [6.45, 7) is 0. The van der Waals surface area contributed by atoms with Crippen molar-refractivity contribution >= 4 is 91.1 Å². The van der Waals surface area contributed by atoms with Crippen molar-refractivity contribution in [3.63, 3.8) is 0 Å². The monoisotopic (exact) mass is 717 g/mol. The minimum atomic E-state index is -5.33. The molecule has 20 nitrogen and oxygen atoms in total. The first-order valence-electron chi connectivity index (χ1n) is 11.6. The lowest BCUT2D eigenvalue weighted by atomic mass is 10.1. The number of nitrogens with two attached hydrogens (primary N) is 3. The third-order valence-corrected chi connectivity index (χ3v) is 9.44. The third-order valence-electron chi connectivity index (χ3n) is 5.91. The van der Waals surface area contributed by atoms with Crippen LogP contribution in [0.25, 0.3) is 10.8 Å². The molecule has 0 aliphatic rings. The van der Waals surface area contributed by atoms with Gasteiger partial charge in [0.1, 0.15) is 42.3 Å². The molecule has 11 N–H and O–H groups in total. The molecule has 0 radical (unpaired) electrons. The Morgan fingerprint density at radius 1 is 0.500 bits per heavy atom. The molecule has 0 aliphatic heterocycles. The number of azo groups is 2. The van der Waals surface area contributed by atoms with E-state index in [1.165, 1.54) is 0 Å². The van der Waals surface area contributed by atoms with E-state index in [-0.39, 0.29) is 11.4 Å². The Morgan fingerprint density at radius 2 is 0.870 bits per heavy atom. The average molecular weight is 718 g/mol. The summed E-state index contributed by atoms with van der Waals surface area (Å²) in [5.74, 6) is -1.22. The molecule has 0 aromatic heterocycles. The highest BCUT2D eigenvalue weighted by Gasteiger charge is 2.28. The molecule has 0 amide bonds. The molecule has 0 atom stereocenters. The van der Waals surface area contributed by atoms with Gasteiger partial charge in [-0.2, -0.15) is 33.7 Å². The number of phenols is 1. The zero-order valence-corrected chi connectivity index (χ0v) is 25.5. The smallest absolute Gasteiger partial charge is 0.296 e. The number of aromatic hydroxyl groups is 1. The zero-order chi connectivity index (χ0) is 34.6. The number of anilines is 3. The maximum absolute atomic E-state index is 12.3. The van der Waals surface area contributed by atoms with Gasteiger partial charge in [0.25, 0.3) is 40.5 Å².